The topological polar surface area (TPSA) is 50.1 Å². The van der Waals surface area contributed by atoms with E-state index < -0.39 is 0 Å². The van der Waals surface area contributed by atoms with Crippen molar-refractivity contribution in [3.05, 3.63) is 57.3 Å². The van der Waals surface area contributed by atoms with Crippen molar-refractivity contribution in [2.45, 2.75) is 26.9 Å². The van der Waals surface area contributed by atoms with E-state index in [1.165, 1.54) is 11.3 Å². The van der Waals surface area contributed by atoms with Crippen LogP contribution in [0.2, 0.25) is 0 Å². The average Bonchev–Trinajstić information content (AvgIpc) is 2.91. The maximum absolute atomic E-state index is 12.5. The summed E-state index contributed by atoms with van der Waals surface area (Å²) < 4.78 is 5.72. The zero-order valence-corrected chi connectivity index (χ0v) is 13.6. The second-order valence-corrected chi connectivity index (χ2v) is 6.05. The van der Waals surface area contributed by atoms with Gasteiger partial charge in [-0.1, -0.05) is 18.2 Å². The highest BCUT2D eigenvalue weighted by atomic mass is 32.1. The maximum Gasteiger partial charge on any atom is 0.213 e. The van der Waals surface area contributed by atoms with Gasteiger partial charge in [-0.25, -0.2) is 0 Å². The number of benzene rings is 1. The number of rotatable bonds is 5. The van der Waals surface area contributed by atoms with Gasteiger partial charge in [0.2, 0.25) is 5.78 Å². The summed E-state index contributed by atoms with van der Waals surface area (Å²) in [5, 5.41) is 11.2. The lowest BCUT2D eigenvalue weighted by molar-refractivity contribution is 0.104. The molecule has 0 N–H and O–H groups in total. The first-order valence-corrected chi connectivity index (χ1v) is 7.87. The molecule has 3 nitrogen and oxygen atoms in total. The zero-order chi connectivity index (χ0) is 16.1. The van der Waals surface area contributed by atoms with Crippen molar-refractivity contribution in [3.63, 3.8) is 0 Å². The van der Waals surface area contributed by atoms with E-state index in [-0.39, 0.29) is 17.5 Å². The molecule has 0 saturated carbocycles. The minimum atomic E-state index is -0.241. The van der Waals surface area contributed by atoms with Gasteiger partial charge in [0, 0.05) is 5.56 Å². The third-order valence-electron chi connectivity index (χ3n) is 3.01. The van der Waals surface area contributed by atoms with Gasteiger partial charge in [-0.15, -0.1) is 11.3 Å². The van der Waals surface area contributed by atoms with Crippen LogP contribution in [0.15, 0.2) is 41.3 Å². The third kappa shape index (κ3) is 3.63. The van der Waals surface area contributed by atoms with Crippen LogP contribution in [0.25, 0.3) is 6.08 Å². The number of allylic oxidation sites excluding steroid dienone is 1. The summed E-state index contributed by atoms with van der Waals surface area (Å²) >= 11 is 1.35. The van der Waals surface area contributed by atoms with Crippen molar-refractivity contribution in [2.24, 2.45) is 0 Å². The van der Waals surface area contributed by atoms with Crippen LogP contribution in [0.1, 0.15) is 34.6 Å². The molecule has 0 radical (unpaired) electrons. The van der Waals surface area contributed by atoms with Gasteiger partial charge in [-0.2, -0.15) is 5.26 Å². The van der Waals surface area contributed by atoms with Gasteiger partial charge in [0.1, 0.15) is 17.4 Å². The van der Waals surface area contributed by atoms with Crippen molar-refractivity contribution < 1.29 is 9.53 Å². The summed E-state index contributed by atoms with van der Waals surface area (Å²) in [5.74, 6) is 0.426. The quantitative estimate of drug-likeness (QED) is 0.459. The Morgan fingerprint density at radius 3 is 2.64 bits per heavy atom. The van der Waals surface area contributed by atoms with Gasteiger partial charge in [0.25, 0.3) is 0 Å². The molecule has 0 fully saturated rings. The molecule has 2 aromatic rings. The number of ether oxygens (including phenoxy) is 1. The highest BCUT2D eigenvalue weighted by Gasteiger charge is 2.16. The third-order valence-corrected chi connectivity index (χ3v) is 4.03. The number of para-hydroxylation sites is 1. The highest BCUT2D eigenvalue weighted by molar-refractivity contribution is 7.12. The van der Waals surface area contributed by atoms with Crippen molar-refractivity contribution in [1.82, 2.24) is 0 Å². The van der Waals surface area contributed by atoms with E-state index in [2.05, 4.69) is 0 Å². The number of Topliss-reactive ketones (excluding diaryl/α,β-unsaturated/α-hetero) is 1. The second-order valence-electron chi connectivity index (χ2n) is 5.14. The van der Waals surface area contributed by atoms with Crippen LogP contribution in [-0.2, 0) is 0 Å². The molecule has 1 heterocycles. The van der Waals surface area contributed by atoms with Crippen LogP contribution in [0, 0.1) is 18.3 Å². The Hall–Kier alpha value is -2.38. The van der Waals surface area contributed by atoms with Crippen LogP contribution < -0.4 is 4.74 Å². The van der Waals surface area contributed by atoms with Crippen molar-refractivity contribution in [1.29, 1.82) is 5.26 Å². The Morgan fingerprint density at radius 1 is 1.32 bits per heavy atom. The standard InChI is InChI=1S/C18H17NO2S/c1-12(2)21-16-7-5-4-6-14(16)10-15(11-19)17(20)18-13(3)8-9-22-18/h4-10,12H,1-3H3/b15-10-. The molecule has 0 atom stereocenters. The van der Waals surface area contributed by atoms with Crippen LogP contribution in [0.5, 0.6) is 5.75 Å². The molecule has 22 heavy (non-hydrogen) atoms. The van der Waals surface area contributed by atoms with Gasteiger partial charge in [-0.05, 0) is 49.9 Å². The second kappa shape index (κ2) is 7.06. The monoisotopic (exact) mass is 311 g/mol. The van der Waals surface area contributed by atoms with Gasteiger partial charge in [-0.3, -0.25) is 4.79 Å². The molecule has 0 aliphatic heterocycles. The van der Waals surface area contributed by atoms with Gasteiger partial charge in [0.15, 0.2) is 0 Å². The Labute approximate surface area is 134 Å². The number of nitriles is 1. The van der Waals surface area contributed by atoms with E-state index in [0.717, 1.165) is 11.1 Å². The zero-order valence-electron chi connectivity index (χ0n) is 12.8. The average molecular weight is 311 g/mol. The molecular formula is C18H17NO2S. The largest absolute Gasteiger partial charge is 0.490 e. The van der Waals surface area contributed by atoms with E-state index in [4.69, 9.17) is 4.74 Å². The first-order chi connectivity index (χ1) is 10.5. The number of hydrogen-bond acceptors (Lipinski definition) is 4. The fourth-order valence-electron chi connectivity index (χ4n) is 1.99. The molecule has 1 aromatic heterocycles. The number of carbonyl (C=O) groups is 1. The number of carbonyl (C=O) groups excluding carboxylic acids is 1. The van der Waals surface area contributed by atoms with Crippen molar-refractivity contribution in [2.75, 3.05) is 0 Å². The lowest BCUT2D eigenvalue weighted by Crippen LogP contribution is -2.07. The summed E-state index contributed by atoms with van der Waals surface area (Å²) in [6.07, 6.45) is 1.62. The highest BCUT2D eigenvalue weighted by Crippen LogP contribution is 2.25. The lowest BCUT2D eigenvalue weighted by atomic mass is 10.0. The molecule has 0 amide bonds. The van der Waals surface area contributed by atoms with Crippen molar-refractivity contribution in [3.8, 4) is 11.8 Å². The molecule has 0 aliphatic carbocycles. The smallest absolute Gasteiger partial charge is 0.213 e. The number of hydrogen-bond donors (Lipinski definition) is 0. The molecule has 0 bridgehead atoms. The fourth-order valence-corrected chi connectivity index (χ4v) is 2.87. The Morgan fingerprint density at radius 2 is 2.05 bits per heavy atom. The molecule has 112 valence electrons. The van der Waals surface area contributed by atoms with Gasteiger partial charge >= 0.3 is 0 Å². The summed E-state index contributed by atoms with van der Waals surface area (Å²) in [7, 11) is 0. The Kier molecular flexibility index (Phi) is 5.13. The maximum atomic E-state index is 12.5. The first-order valence-electron chi connectivity index (χ1n) is 6.99. The van der Waals surface area contributed by atoms with Gasteiger partial charge in [0.05, 0.1) is 11.0 Å². The van der Waals surface area contributed by atoms with E-state index in [1.807, 2.05) is 62.6 Å². The van der Waals surface area contributed by atoms with E-state index in [1.54, 1.807) is 6.08 Å². The molecule has 0 unspecified atom stereocenters. The van der Waals surface area contributed by atoms with Crippen molar-refractivity contribution >= 4 is 23.2 Å². The Bertz CT molecular complexity index is 750. The number of ketones is 1. The molecule has 1 aromatic carbocycles. The Balaban J connectivity index is 2.40. The summed E-state index contributed by atoms with van der Waals surface area (Å²) in [6.45, 7) is 5.74. The van der Waals surface area contributed by atoms with E-state index >= 15 is 0 Å². The predicted octanol–water partition coefficient (Wildman–Crippen LogP) is 4.63. The fraction of sp³-hybridized carbons (Fsp3) is 0.222. The normalized spacial score (nSPS) is 11.3. The number of aryl methyl sites for hydroxylation is 1. The predicted molar refractivity (Wildman–Crippen MR) is 89.2 cm³/mol. The number of thiophene rings is 1. The van der Waals surface area contributed by atoms with E-state index in [0.29, 0.717) is 10.6 Å². The van der Waals surface area contributed by atoms with Gasteiger partial charge < -0.3 is 4.74 Å². The lowest BCUT2D eigenvalue weighted by Gasteiger charge is -2.12. The molecular weight excluding hydrogens is 294 g/mol. The van der Waals surface area contributed by atoms with Crippen LogP contribution in [0.4, 0.5) is 0 Å². The molecule has 2 rings (SSSR count). The molecule has 0 spiro atoms. The number of nitrogens with zero attached hydrogens (tertiary/aromatic N) is 1. The summed E-state index contributed by atoms with van der Waals surface area (Å²) in [6, 6.07) is 11.3. The molecule has 0 aliphatic rings. The summed E-state index contributed by atoms with van der Waals surface area (Å²) in [4.78, 5) is 13.1. The van der Waals surface area contributed by atoms with Crippen LogP contribution in [-0.4, -0.2) is 11.9 Å². The molecule has 0 saturated heterocycles. The van der Waals surface area contributed by atoms with Crippen LogP contribution in [0.3, 0.4) is 0 Å². The minimum Gasteiger partial charge on any atom is -0.490 e. The summed E-state index contributed by atoms with van der Waals surface area (Å²) in [5.41, 5.74) is 1.74. The molecule has 4 heteroatoms. The van der Waals surface area contributed by atoms with E-state index in [9.17, 15) is 10.1 Å². The first kappa shape index (κ1) is 16.0. The van der Waals surface area contributed by atoms with Crippen LogP contribution >= 0.6 is 11.3 Å². The minimum absolute atomic E-state index is 0.0235. The SMILES string of the molecule is Cc1ccsc1C(=O)/C(C#N)=C\c1ccccc1OC(C)C.